The number of aliphatic hydroxyl groups excluding tert-OH is 1. The minimum Gasteiger partial charge on any atom is -0.488 e. The third kappa shape index (κ3) is 4.19. The highest BCUT2D eigenvalue weighted by Crippen LogP contribution is 2.32. The molecule has 8 heteroatoms. The molecule has 154 valence electrons. The summed E-state index contributed by atoms with van der Waals surface area (Å²) in [6.07, 6.45) is 2.14. The van der Waals surface area contributed by atoms with Crippen molar-refractivity contribution in [2.24, 2.45) is 5.92 Å². The molecule has 1 saturated carbocycles. The van der Waals surface area contributed by atoms with Crippen LogP contribution < -0.4 is 10.1 Å². The summed E-state index contributed by atoms with van der Waals surface area (Å²) in [6.45, 7) is 2.59. The number of nitro groups is 1. The fraction of sp³-hybridized carbons (Fsp3) is 0.476. The van der Waals surface area contributed by atoms with Crippen molar-refractivity contribution in [2.75, 3.05) is 6.54 Å². The minimum absolute atomic E-state index is 0.00462. The van der Waals surface area contributed by atoms with Crippen molar-refractivity contribution in [1.29, 1.82) is 0 Å². The zero-order chi connectivity index (χ0) is 20.5. The summed E-state index contributed by atoms with van der Waals surface area (Å²) < 4.78 is 5.84. The second-order valence-electron chi connectivity index (χ2n) is 7.78. The largest absolute Gasteiger partial charge is 0.488 e. The summed E-state index contributed by atoms with van der Waals surface area (Å²) in [5.74, 6) is 0.649. The molecule has 7 nitrogen and oxygen atoms in total. The predicted octanol–water partition coefficient (Wildman–Crippen LogP) is 3.27. The van der Waals surface area contributed by atoms with E-state index in [1.54, 1.807) is 23.5 Å². The van der Waals surface area contributed by atoms with E-state index in [4.69, 9.17) is 4.74 Å². The highest BCUT2D eigenvalue weighted by atomic mass is 32.1. The number of ketones is 1. The maximum Gasteiger partial charge on any atom is 0.269 e. The van der Waals surface area contributed by atoms with Crippen LogP contribution in [0.2, 0.25) is 0 Å². The molecule has 2 aliphatic carbocycles. The molecule has 1 aromatic heterocycles. The van der Waals surface area contributed by atoms with Crippen molar-refractivity contribution >= 4 is 22.8 Å². The Balaban J connectivity index is 1.31. The Kier molecular flexibility index (Phi) is 5.67. The fourth-order valence-electron chi connectivity index (χ4n) is 4.22. The van der Waals surface area contributed by atoms with Crippen LogP contribution in [0.25, 0.3) is 0 Å². The summed E-state index contributed by atoms with van der Waals surface area (Å²) in [5.41, 5.74) is 0.877. The molecule has 1 fully saturated rings. The number of aliphatic hydroxyl groups is 1. The van der Waals surface area contributed by atoms with Gasteiger partial charge in [-0.05, 0) is 50.8 Å². The number of fused-ring (bicyclic) bond motifs is 1. The molecule has 4 rings (SSSR count). The number of carbonyl (C=O) groups is 1. The lowest BCUT2D eigenvalue weighted by Crippen LogP contribution is -2.44. The Morgan fingerprint density at radius 2 is 2.03 bits per heavy atom. The molecule has 0 saturated heterocycles. The number of thiophene rings is 1. The first kappa shape index (κ1) is 20.0. The summed E-state index contributed by atoms with van der Waals surface area (Å²) in [6, 6.07) is 7.74. The van der Waals surface area contributed by atoms with Gasteiger partial charge in [-0.3, -0.25) is 14.9 Å². The van der Waals surface area contributed by atoms with Crippen molar-refractivity contribution in [2.45, 2.75) is 50.9 Å². The number of Topliss-reactive ketones (excluding diaryl/α,β-unsaturated/α-hetero) is 1. The number of ether oxygens (including phenoxy) is 1. The lowest BCUT2D eigenvalue weighted by atomic mass is 9.87. The van der Waals surface area contributed by atoms with Gasteiger partial charge in [-0.15, -0.1) is 11.3 Å². The lowest BCUT2D eigenvalue weighted by molar-refractivity contribution is -0.384. The van der Waals surface area contributed by atoms with Crippen LogP contribution in [0.15, 0.2) is 30.3 Å². The Morgan fingerprint density at radius 3 is 2.76 bits per heavy atom. The first-order valence-corrected chi connectivity index (χ1v) is 10.7. The van der Waals surface area contributed by atoms with Crippen LogP contribution in [0.3, 0.4) is 0 Å². The average Bonchev–Trinajstić information content (AvgIpc) is 3.25. The molecule has 0 spiro atoms. The second kappa shape index (κ2) is 8.22. The van der Waals surface area contributed by atoms with Gasteiger partial charge in [-0.2, -0.15) is 0 Å². The standard InChI is InChI=1S/C21H24N2O5S/c1-12-10-16-19(29-12)9-2-13(20(16)24)11-22-17-7-8-18(21(17)25)28-15-5-3-14(4-6-15)23(26)27/h3-6,10,13,17-18,21-22,25H,2,7-9,11H2,1H3. The fourth-order valence-corrected chi connectivity index (χ4v) is 5.27. The first-order chi connectivity index (χ1) is 13.9. The van der Waals surface area contributed by atoms with Crippen molar-refractivity contribution in [3.8, 4) is 5.75 Å². The normalized spacial score (nSPS) is 26.3. The van der Waals surface area contributed by atoms with Crippen molar-refractivity contribution in [1.82, 2.24) is 5.32 Å². The van der Waals surface area contributed by atoms with E-state index in [1.165, 1.54) is 21.9 Å². The second-order valence-corrected chi connectivity index (χ2v) is 9.12. The number of hydrogen-bond donors (Lipinski definition) is 2. The van der Waals surface area contributed by atoms with Crippen molar-refractivity contribution in [3.05, 3.63) is 55.8 Å². The molecule has 2 N–H and O–H groups in total. The number of non-ortho nitro benzene ring substituents is 1. The highest BCUT2D eigenvalue weighted by molar-refractivity contribution is 7.12. The number of hydrogen-bond acceptors (Lipinski definition) is 7. The van der Waals surface area contributed by atoms with Gasteiger partial charge in [-0.1, -0.05) is 0 Å². The zero-order valence-electron chi connectivity index (χ0n) is 16.2. The molecule has 1 heterocycles. The highest BCUT2D eigenvalue weighted by Gasteiger charge is 2.37. The van der Waals surface area contributed by atoms with Crippen LogP contribution in [0.4, 0.5) is 5.69 Å². The van der Waals surface area contributed by atoms with Crippen LogP contribution in [-0.4, -0.2) is 40.6 Å². The molecule has 0 radical (unpaired) electrons. The smallest absolute Gasteiger partial charge is 0.269 e. The predicted molar refractivity (Wildman–Crippen MR) is 110 cm³/mol. The number of aryl methyl sites for hydroxylation is 2. The monoisotopic (exact) mass is 416 g/mol. The third-order valence-corrected chi connectivity index (χ3v) is 6.92. The first-order valence-electron chi connectivity index (χ1n) is 9.88. The number of nitro benzene ring substituents is 1. The molecule has 0 bridgehead atoms. The minimum atomic E-state index is -0.692. The molecule has 1 aromatic carbocycles. The van der Waals surface area contributed by atoms with Crippen LogP contribution >= 0.6 is 11.3 Å². The van der Waals surface area contributed by atoms with E-state index < -0.39 is 11.0 Å². The van der Waals surface area contributed by atoms with Gasteiger partial charge in [0.2, 0.25) is 0 Å². The van der Waals surface area contributed by atoms with Crippen molar-refractivity contribution in [3.63, 3.8) is 0 Å². The molecule has 29 heavy (non-hydrogen) atoms. The number of carbonyl (C=O) groups excluding carboxylic acids is 1. The number of nitrogens with one attached hydrogen (secondary N) is 1. The van der Waals surface area contributed by atoms with Crippen molar-refractivity contribution < 1.29 is 19.6 Å². The van der Waals surface area contributed by atoms with Gasteiger partial charge >= 0.3 is 0 Å². The third-order valence-electron chi connectivity index (χ3n) is 5.81. The van der Waals surface area contributed by atoms with E-state index >= 15 is 0 Å². The topological polar surface area (TPSA) is 102 Å². The molecular formula is C21H24N2O5S. The van der Waals surface area contributed by atoms with Gasteiger partial charge in [0.15, 0.2) is 5.78 Å². The van der Waals surface area contributed by atoms with E-state index in [0.717, 1.165) is 24.8 Å². The maximum atomic E-state index is 12.7. The van der Waals surface area contributed by atoms with Gasteiger partial charge < -0.3 is 15.2 Å². The van der Waals surface area contributed by atoms with E-state index in [0.29, 0.717) is 18.7 Å². The van der Waals surface area contributed by atoms with Crippen LogP contribution in [0.5, 0.6) is 5.75 Å². The summed E-state index contributed by atoms with van der Waals surface area (Å²) in [4.78, 5) is 25.4. The Bertz CT molecular complexity index is 910. The number of benzene rings is 1. The zero-order valence-corrected chi connectivity index (χ0v) is 17.0. The molecule has 0 amide bonds. The molecule has 2 aromatic rings. The number of nitrogens with zero attached hydrogens (tertiary/aromatic N) is 1. The van der Waals surface area contributed by atoms with E-state index in [2.05, 4.69) is 5.32 Å². The van der Waals surface area contributed by atoms with Crippen LogP contribution in [0, 0.1) is 23.0 Å². The van der Waals surface area contributed by atoms with E-state index in [-0.39, 0.29) is 29.5 Å². The Labute approximate surface area is 172 Å². The number of rotatable bonds is 6. The lowest BCUT2D eigenvalue weighted by Gasteiger charge is -2.25. The molecule has 4 atom stereocenters. The molecule has 0 aliphatic heterocycles. The van der Waals surface area contributed by atoms with Crippen LogP contribution in [-0.2, 0) is 6.42 Å². The quantitative estimate of drug-likeness (QED) is 0.554. The molecular weight excluding hydrogens is 392 g/mol. The Morgan fingerprint density at radius 1 is 1.28 bits per heavy atom. The summed E-state index contributed by atoms with van der Waals surface area (Å²) >= 11 is 1.71. The maximum absolute atomic E-state index is 12.7. The van der Waals surface area contributed by atoms with Gasteiger partial charge in [0.1, 0.15) is 18.0 Å². The summed E-state index contributed by atoms with van der Waals surface area (Å²) in [7, 11) is 0. The average molecular weight is 416 g/mol. The van der Waals surface area contributed by atoms with E-state index in [1.807, 2.05) is 13.0 Å². The molecule has 4 unspecified atom stereocenters. The van der Waals surface area contributed by atoms with Crippen LogP contribution in [0.1, 0.15) is 39.4 Å². The SMILES string of the molecule is Cc1cc2c(s1)CCC(CNC1CCC(Oc3ccc([N+](=O)[O-])cc3)C1O)C2=O. The van der Waals surface area contributed by atoms with Gasteiger partial charge in [0, 0.05) is 46.0 Å². The Hall–Kier alpha value is -2.29. The van der Waals surface area contributed by atoms with Gasteiger partial charge in [0.05, 0.1) is 4.92 Å². The van der Waals surface area contributed by atoms with Gasteiger partial charge in [0.25, 0.3) is 5.69 Å². The van der Waals surface area contributed by atoms with E-state index in [9.17, 15) is 20.0 Å². The molecule has 2 aliphatic rings. The summed E-state index contributed by atoms with van der Waals surface area (Å²) in [5, 5.41) is 24.7. The van der Waals surface area contributed by atoms with Gasteiger partial charge in [-0.25, -0.2) is 0 Å².